The first kappa shape index (κ1) is 31.4. The second-order valence-corrected chi connectivity index (χ2v) is 12.7. The maximum atomic E-state index is 13.4. The first-order valence-corrected chi connectivity index (χ1v) is 15.4. The number of carbonyl (C=O) groups excluding carboxylic acids is 2. The van der Waals surface area contributed by atoms with E-state index in [1.54, 1.807) is 31.2 Å². The van der Waals surface area contributed by atoms with E-state index in [2.05, 4.69) is 10.6 Å². The number of carboxylic acids is 2. The Bertz CT molecular complexity index is 1480. The van der Waals surface area contributed by atoms with Gasteiger partial charge in [-0.3, -0.25) is 19.7 Å². The fourth-order valence-electron chi connectivity index (χ4n) is 5.84. The predicted octanol–water partition coefficient (Wildman–Crippen LogP) is 2.46. The van der Waals surface area contributed by atoms with Crippen LogP contribution in [0.15, 0.2) is 47.4 Å². The van der Waals surface area contributed by atoms with Crippen molar-refractivity contribution in [2.45, 2.75) is 74.5 Å². The van der Waals surface area contributed by atoms with Crippen LogP contribution in [0.2, 0.25) is 5.02 Å². The number of primary sulfonamides is 1. The molecule has 2 aromatic rings. The average Bonchev–Trinajstić information content (AvgIpc) is 3.32. The number of carboxylic acid groups (broad SMARTS) is 2. The molecule has 0 bridgehead atoms. The first-order valence-electron chi connectivity index (χ1n) is 13.5. The molecular weight excluding hydrogens is 588 g/mol. The molecule has 2 fully saturated rings. The van der Waals surface area contributed by atoms with E-state index in [-0.39, 0.29) is 33.9 Å². The number of anilines is 1. The number of aliphatic carboxylic acids is 2. The molecule has 0 radical (unpaired) electrons. The monoisotopic (exact) mass is 620 g/mol. The summed E-state index contributed by atoms with van der Waals surface area (Å²) < 4.78 is 23.4. The van der Waals surface area contributed by atoms with Gasteiger partial charge in [0.1, 0.15) is 17.0 Å². The van der Waals surface area contributed by atoms with E-state index in [0.717, 1.165) is 31.7 Å². The maximum absolute atomic E-state index is 13.4. The highest BCUT2D eigenvalue weighted by Gasteiger charge is 2.48. The topological polar surface area (TPSA) is 196 Å². The predicted molar refractivity (Wildman–Crippen MR) is 154 cm³/mol. The number of nitrogens with one attached hydrogen (secondary N) is 2. The van der Waals surface area contributed by atoms with Crippen LogP contribution in [0.4, 0.5) is 5.69 Å². The highest BCUT2D eigenvalue weighted by molar-refractivity contribution is 7.89. The molecule has 2 aliphatic rings. The van der Waals surface area contributed by atoms with E-state index in [1.807, 2.05) is 0 Å². The summed E-state index contributed by atoms with van der Waals surface area (Å²) in [5.41, 5.74) is 0.992. The fraction of sp³-hybridized carbons (Fsp3) is 0.429. The zero-order chi connectivity index (χ0) is 30.8. The van der Waals surface area contributed by atoms with Gasteiger partial charge in [0.25, 0.3) is 5.91 Å². The number of amides is 2. The molecule has 6 N–H and O–H groups in total. The van der Waals surface area contributed by atoms with E-state index in [9.17, 15) is 37.8 Å². The van der Waals surface area contributed by atoms with E-state index < -0.39 is 51.9 Å². The lowest BCUT2D eigenvalue weighted by Crippen LogP contribution is -2.55. The molecule has 12 nitrogen and oxygen atoms in total. The zero-order valence-corrected chi connectivity index (χ0v) is 24.4. The second-order valence-electron chi connectivity index (χ2n) is 10.8. The summed E-state index contributed by atoms with van der Waals surface area (Å²) in [4.78, 5) is 51.1. The summed E-state index contributed by atoms with van der Waals surface area (Å²) in [6.07, 6.45) is 3.98. The van der Waals surface area contributed by atoms with Gasteiger partial charge in [-0.15, -0.1) is 0 Å². The van der Waals surface area contributed by atoms with E-state index >= 15 is 0 Å². The number of carbonyl (C=O) groups is 4. The number of benzene rings is 2. The van der Waals surface area contributed by atoms with Gasteiger partial charge in [0.15, 0.2) is 0 Å². The third-order valence-corrected chi connectivity index (χ3v) is 9.29. The summed E-state index contributed by atoms with van der Waals surface area (Å²) in [5, 5.41) is 30.1. The molecule has 226 valence electrons. The zero-order valence-electron chi connectivity index (χ0n) is 22.8. The van der Waals surface area contributed by atoms with Crippen molar-refractivity contribution in [2.24, 2.45) is 11.1 Å². The number of nitrogens with two attached hydrogens (primary N) is 1. The van der Waals surface area contributed by atoms with Crippen molar-refractivity contribution in [3.63, 3.8) is 0 Å². The quantitative estimate of drug-likeness (QED) is 0.265. The molecule has 4 rings (SSSR count). The number of hydrogen-bond acceptors (Lipinski definition) is 7. The van der Waals surface area contributed by atoms with Crippen LogP contribution in [-0.4, -0.2) is 71.5 Å². The van der Waals surface area contributed by atoms with Crippen molar-refractivity contribution < 1.29 is 37.8 Å². The minimum atomic E-state index is -4.13. The Kier molecular flexibility index (Phi) is 9.56. The average molecular weight is 621 g/mol. The van der Waals surface area contributed by atoms with Gasteiger partial charge < -0.3 is 20.4 Å². The second kappa shape index (κ2) is 12.8. The highest BCUT2D eigenvalue weighted by atomic mass is 35.5. The minimum absolute atomic E-state index is 0.0176. The molecule has 2 amide bonds. The number of likely N-dealkylation sites (tertiary alicyclic amines) is 1. The van der Waals surface area contributed by atoms with Gasteiger partial charge in [-0.1, -0.05) is 36.6 Å². The summed E-state index contributed by atoms with van der Waals surface area (Å²) in [6, 6.07) is 6.89. The molecular formula is C28H33ClN4O8S. The van der Waals surface area contributed by atoms with Crippen molar-refractivity contribution in [1.82, 2.24) is 10.2 Å². The van der Waals surface area contributed by atoms with Crippen LogP contribution in [0.25, 0.3) is 0 Å². The smallest absolute Gasteiger partial charge is 0.326 e. The Hall–Kier alpha value is -3.52. The molecule has 0 aromatic heterocycles. The summed E-state index contributed by atoms with van der Waals surface area (Å²) in [7, 11) is -4.13. The molecule has 14 heteroatoms. The highest BCUT2D eigenvalue weighted by Crippen LogP contribution is 2.40. The SMILES string of the molecule is C[C@H](N[C@@H](Cc1ccc(NC(=O)c2ccc(Cl)c(S(N)(=O)=O)c2)cc1)C(=O)O)C(=O)N1[C@@H]2CCCC[C@@H]2C[C@H]1C(=O)O. The van der Waals surface area contributed by atoms with Gasteiger partial charge in [0.05, 0.1) is 11.1 Å². The molecule has 1 saturated heterocycles. The molecule has 1 aliphatic heterocycles. The molecule has 1 aliphatic carbocycles. The Labute approximate surface area is 248 Å². The van der Waals surface area contributed by atoms with Gasteiger partial charge in [-0.2, -0.15) is 0 Å². The molecule has 2 aromatic carbocycles. The van der Waals surface area contributed by atoms with E-state index in [0.29, 0.717) is 17.7 Å². The van der Waals surface area contributed by atoms with E-state index in [1.165, 1.54) is 17.0 Å². The summed E-state index contributed by atoms with van der Waals surface area (Å²) in [5.74, 6) is -3.11. The van der Waals surface area contributed by atoms with Crippen LogP contribution in [0.5, 0.6) is 0 Å². The van der Waals surface area contributed by atoms with Gasteiger partial charge in [0, 0.05) is 17.3 Å². The first-order chi connectivity index (χ1) is 19.8. The molecule has 0 spiro atoms. The minimum Gasteiger partial charge on any atom is -0.480 e. The van der Waals surface area contributed by atoms with E-state index in [4.69, 9.17) is 16.7 Å². The van der Waals surface area contributed by atoms with Crippen molar-refractivity contribution in [2.75, 3.05) is 5.32 Å². The molecule has 1 saturated carbocycles. The number of rotatable bonds is 10. The van der Waals surface area contributed by atoms with Crippen LogP contribution >= 0.6 is 11.6 Å². The molecule has 42 heavy (non-hydrogen) atoms. The van der Waals surface area contributed by atoms with Crippen LogP contribution in [0, 0.1) is 5.92 Å². The van der Waals surface area contributed by atoms with Crippen molar-refractivity contribution in [3.8, 4) is 0 Å². The lowest BCUT2D eigenvalue weighted by Gasteiger charge is -2.35. The van der Waals surface area contributed by atoms with Crippen molar-refractivity contribution in [3.05, 3.63) is 58.6 Å². The van der Waals surface area contributed by atoms with Crippen LogP contribution < -0.4 is 15.8 Å². The Morgan fingerprint density at radius 2 is 1.74 bits per heavy atom. The molecule has 1 heterocycles. The van der Waals surface area contributed by atoms with Crippen LogP contribution in [-0.2, 0) is 30.8 Å². The Morgan fingerprint density at radius 3 is 2.36 bits per heavy atom. The lowest BCUT2D eigenvalue weighted by atomic mass is 9.84. The standard InChI is InChI=1S/C28H33ClN4O8S/c1-15(26(35)33-22-5-3-2-4-17(22)13-23(33)28(38)39)31-21(27(36)37)12-16-6-9-19(10-7-16)32-25(34)18-8-11-20(29)24(14-18)42(30,40)41/h6-11,14-15,17,21-23,31H,2-5,12-13H2,1H3,(H,32,34)(H,36,37)(H,38,39)(H2,30,40,41)/t15-,17+,21-,22+,23-/m0/s1. The van der Waals surface area contributed by atoms with Gasteiger partial charge in [-0.25, -0.2) is 18.4 Å². The normalized spacial score (nSPS) is 21.7. The van der Waals surface area contributed by atoms with Gasteiger partial charge in [0.2, 0.25) is 15.9 Å². The van der Waals surface area contributed by atoms with Crippen LogP contribution in [0.1, 0.15) is 54.9 Å². The Morgan fingerprint density at radius 1 is 1.07 bits per heavy atom. The Balaban J connectivity index is 1.40. The molecule has 5 atom stereocenters. The maximum Gasteiger partial charge on any atom is 0.326 e. The number of halogens is 1. The number of nitrogens with zero attached hydrogens (tertiary/aromatic N) is 1. The third-order valence-electron chi connectivity index (χ3n) is 7.90. The largest absolute Gasteiger partial charge is 0.480 e. The number of hydrogen-bond donors (Lipinski definition) is 5. The third kappa shape index (κ3) is 7.09. The lowest BCUT2D eigenvalue weighted by molar-refractivity contribution is -0.151. The van der Waals surface area contributed by atoms with Crippen molar-refractivity contribution in [1.29, 1.82) is 0 Å². The molecule has 0 unspecified atom stereocenters. The van der Waals surface area contributed by atoms with Crippen molar-refractivity contribution >= 4 is 51.1 Å². The van der Waals surface area contributed by atoms with Crippen LogP contribution in [0.3, 0.4) is 0 Å². The summed E-state index contributed by atoms with van der Waals surface area (Å²) >= 11 is 5.87. The fourth-order valence-corrected chi connectivity index (χ4v) is 6.91. The number of fused-ring (bicyclic) bond motifs is 1. The summed E-state index contributed by atoms with van der Waals surface area (Å²) in [6.45, 7) is 1.55. The number of sulfonamides is 1. The van der Waals surface area contributed by atoms with Gasteiger partial charge >= 0.3 is 11.9 Å². The van der Waals surface area contributed by atoms with Gasteiger partial charge in [-0.05, 0) is 74.4 Å².